The molecule has 2 N–H and O–H groups in total. The zero-order valence-corrected chi connectivity index (χ0v) is 19.4. The quantitative estimate of drug-likeness (QED) is 0.608. The highest BCUT2D eigenvalue weighted by atomic mass is 19.1. The number of methoxy groups -OCH3 is 1. The molecule has 2 aliphatic rings. The number of nitrogens with two attached hydrogens (primary N) is 1. The first-order valence-electron chi connectivity index (χ1n) is 11.3. The molecule has 3 aromatic rings. The van der Waals surface area contributed by atoms with E-state index < -0.39 is 17.6 Å². The molecule has 5 rings (SSSR count). The van der Waals surface area contributed by atoms with Gasteiger partial charge in [0.15, 0.2) is 11.5 Å². The molecule has 1 saturated heterocycles. The Morgan fingerprint density at radius 3 is 2.46 bits per heavy atom. The third-order valence-corrected chi connectivity index (χ3v) is 6.49. The molecule has 180 valence electrons. The predicted molar refractivity (Wildman–Crippen MR) is 127 cm³/mol. The summed E-state index contributed by atoms with van der Waals surface area (Å²) in [6.07, 6.45) is 1.67. The third-order valence-electron chi connectivity index (χ3n) is 6.49. The summed E-state index contributed by atoms with van der Waals surface area (Å²) in [5, 5.41) is 4.22. The first kappa shape index (κ1) is 22.6. The summed E-state index contributed by atoms with van der Waals surface area (Å²) in [6.45, 7) is 2.84. The van der Waals surface area contributed by atoms with Crippen molar-refractivity contribution < 1.29 is 23.5 Å². The van der Waals surface area contributed by atoms with Crippen molar-refractivity contribution in [3.63, 3.8) is 0 Å². The molecule has 0 atom stereocenters. The number of anilines is 2. The monoisotopic (exact) mass is 477 g/mol. The number of halogens is 1. The number of primary amides is 1. The normalized spacial score (nSPS) is 15.5. The maximum absolute atomic E-state index is 14.9. The number of ether oxygens (including phenoxy) is 1. The van der Waals surface area contributed by atoms with Crippen molar-refractivity contribution in [2.75, 3.05) is 30.0 Å². The largest absolute Gasteiger partial charge is 0.497 e. The van der Waals surface area contributed by atoms with Crippen molar-refractivity contribution in [1.82, 2.24) is 9.78 Å². The highest BCUT2D eigenvalue weighted by Gasteiger charge is 2.36. The molecule has 3 heterocycles. The maximum atomic E-state index is 14.9. The van der Waals surface area contributed by atoms with Crippen molar-refractivity contribution >= 4 is 29.1 Å². The van der Waals surface area contributed by atoms with Crippen LogP contribution in [-0.2, 0) is 11.2 Å². The molecule has 0 spiro atoms. The number of amides is 3. The van der Waals surface area contributed by atoms with Crippen LogP contribution in [0.4, 0.5) is 15.8 Å². The number of aromatic nitrogens is 2. The molecule has 3 amide bonds. The minimum atomic E-state index is -0.786. The number of rotatable bonds is 5. The van der Waals surface area contributed by atoms with Gasteiger partial charge in [0.25, 0.3) is 11.8 Å². The van der Waals surface area contributed by atoms with Gasteiger partial charge < -0.3 is 20.3 Å². The van der Waals surface area contributed by atoms with Gasteiger partial charge in [0, 0.05) is 42.5 Å². The van der Waals surface area contributed by atoms with E-state index in [9.17, 15) is 18.8 Å². The van der Waals surface area contributed by atoms with Crippen molar-refractivity contribution in [3.8, 4) is 11.4 Å². The van der Waals surface area contributed by atoms with Gasteiger partial charge in [0.2, 0.25) is 5.91 Å². The van der Waals surface area contributed by atoms with Crippen molar-refractivity contribution in [1.29, 1.82) is 0 Å². The summed E-state index contributed by atoms with van der Waals surface area (Å²) in [5.74, 6) is -1.48. The van der Waals surface area contributed by atoms with E-state index in [1.807, 2.05) is 25.1 Å². The van der Waals surface area contributed by atoms with E-state index in [-0.39, 0.29) is 23.0 Å². The lowest BCUT2D eigenvalue weighted by Crippen LogP contribution is -2.39. The van der Waals surface area contributed by atoms with E-state index in [0.29, 0.717) is 42.9 Å². The zero-order chi connectivity index (χ0) is 24.9. The minimum absolute atomic E-state index is 0.00404. The Labute approximate surface area is 200 Å². The number of hydrogen-bond acceptors (Lipinski definition) is 5. The molecule has 1 aromatic heterocycles. The first-order chi connectivity index (χ1) is 16.8. The molecule has 10 heteroatoms. The highest BCUT2D eigenvalue weighted by Crippen LogP contribution is 2.33. The van der Waals surface area contributed by atoms with Gasteiger partial charge in [0.1, 0.15) is 17.1 Å². The second-order valence-corrected chi connectivity index (χ2v) is 8.60. The van der Waals surface area contributed by atoms with Crippen LogP contribution in [0, 0.1) is 12.7 Å². The van der Waals surface area contributed by atoms with Crippen LogP contribution in [0.25, 0.3) is 5.69 Å². The van der Waals surface area contributed by atoms with Crippen LogP contribution in [0.5, 0.6) is 5.75 Å². The fourth-order valence-corrected chi connectivity index (χ4v) is 4.78. The summed E-state index contributed by atoms with van der Waals surface area (Å²) in [4.78, 5) is 41.3. The molecular weight excluding hydrogens is 453 g/mol. The molecule has 0 unspecified atom stereocenters. The maximum Gasteiger partial charge on any atom is 0.277 e. The summed E-state index contributed by atoms with van der Waals surface area (Å²) >= 11 is 0. The van der Waals surface area contributed by atoms with Gasteiger partial charge in [-0.3, -0.25) is 14.4 Å². The molecule has 2 aromatic carbocycles. The number of carbonyl (C=O) groups excluding carboxylic acids is 3. The lowest BCUT2D eigenvalue weighted by molar-refractivity contribution is -0.117. The number of carbonyl (C=O) groups is 3. The van der Waals surface area contributed by atoms with Gasteiger partial charge in [-0.25, -0.2) is 9.07 Å². The average Bonchev–Trinajstić information content (AvgIpc) is 3.44. The van der Waals surface area contributed by atoms with Crippen molar-refractivity contribution in [2.24, 2.45) is 5.73 Å². The van der Waals surface area contributed by atoms with Gasteiger partial charge in [-0.05, 0) is 55.7 Å². The van der Waals surface area contributed by atoms with Crippen LogP contribution >= 0.6 is 0 Å². The predicted octanol–water partition coefficient (Wildman–Crippen LogP) is 2.76. The topological polar surface area (TPSA) is 111 Å². The van der Waals surface area contributed by atoms with Crippen molar-refractivity contribution in [3.05, 3.63) is 64.7 Å². The molecule has 0 bridgehead atoms. The van der Waals surface area contributed by atoms with Gasteiger partial charge in [-0.15, -0.1) is 0 Å². The van der Waals surface area contributed by atoms with Crippen LogP contribution in [0.3, 0.4) is 0 Å². The number of nitrogens with zero attached hydrogens (tertiary/aromatic N) is 4. The fraction of sp³-hybridized carbons (Fsp3) is 0.280. The lowest BCUT2D eigenvalue weighted by atomic mass is 10.0. The van der Waals surface area contributed by atoms with E-state index in [1.54, 1.807) is 15.9 Å². The molecule has 0 saturated carbocycles. The van der Waals surface area contributed by atoms with E-state index in [1.165, 1.54) is 19.2 Å². The van der Waals surface area contributed by atoms with Crippen LogP contribution in [0.2, 0.25) is 0 Å². The van der Waals surface area contributed by atoms with E-state index in [4.69, 9.17) is 10.5 Å². The minimum Gasteiger partial charge on any atom is -0.497 e. The Hall–Kier alpha value is -4.21. The molecule has 1 fully saturated rings. The van der Waals surface area contributed by atoms with Crippen LogP contribution in [0.1, 0.15) is 44.9 Å². The van der Waals surface area contributed by atoms with Crippen LogP contribution in [0.15, 0.2) is 36.4 Å². The first-order valence-corrected chi connectivity index (χ1v) is 11.3. The number of fused-ring (bicyclic) bond motifs is 1. The standard InChI is InChI=1S/C25H24FN5O4/c1-14-12-15(29-10-3-4-21(29)32)5-7-19(14)30-11-9-17-22(24(27)33)28-31(23(17)25(30)34)20-8-6-16(35-2)13-18(20)26/h5-8,12-13H,3-4,9-11H2,1-2H3,(H2,27,33). The lowest BCUT2D eigenvalue weighted by Gasteiger charge is -2.29. The Kier molecular flexibility index (Phi) is 5.50. The van der Waals surface area contributed by atoms with E-state index in [0.717, 1.165) is 22.4 Å². The number of aryl methyl sites for hydroxylation is 1. The van der Waals surface area contributed by atoms with E-state index in [2.05, 4.69) is 5.10 Å². The summed E-state index contributed by atoms with van der Waals surface area (Å²) in [5.41, 5.74) is 8.24. The SMILES string of the molecule is COc1ccc(-n2nc(C(N)=O)c3c2C(=O)N(c2ccc(N4CCCC4=O)cc2C)CC3)c(F)c1. The van der Waals surface area contributed by atoms with Gasteiger partial charge >= 0.3 is 0 Å². The summed E-state index contributed by atoms with van der Waals surface area (Å²) in [6, 6.07) is 9.68. The zero-order valence-electron chi connectivity index (χ0n) is 19.4. The molecular formula is C25H24FN5O4. The molecule has 0 radical (unpaired) electrons. The molecule has 2 aliphatic heterocycles. The van der Waals surface area contributed by atoms with E-state index >= 15 is 0 Å². The Bertz CT molecular complexity index is 1380. The van der Waals surface area contributed by atoms with Crippen LogP contribution < -0.4 is 20.3 Å². The smallest absolute Gasteiger partial charge is 0.277 e. The Balaban J connectivity index is 1.57. The Morgan fingerprint density at radius 1 is 1.06 bits per heavy atom. The van der Waals surface area contributed by atoms with Gasteiger partial charge in [-0.2, -0.15) is 5.10 Å². The average molecular weight is 477 g/mol. The number of benzene rings is 2. The summed E-state index contributed by atoms with van der Waals surface area (Å²) in [7, 11) is 1.42. The fourth-order valence-electron chi connectivity index (χ4n) is 4.78. The second kappa shape index (κ2) is 8.53. The van der Waals surface area contributed by atoms with Crippen LogP contribution in [-0.4, -0.2) is 47.7 Å². The summed E-state index contributed by atoms with van der Waals surface area (Å²) < 4.78 is 21.1. The Morgan fingerprint density at radius 2 is 1.83 bits per heavy atom. The third kappa shape index (κ3) is 3.71. The van der Waals surface area contributed by atoms with Gasteiger partial charge in [-0.1, -0.05) is 0 Å². The number of hydrogen-bond donors (Lipinski definition) is 1. The molecule has 9 nitrogen and oxygen atoms in total. The molecule has 35 heavy (non-hydrogen) atoms. The molecule has 0 aliphatic carbocycles. The van der Waals surface area contributed by atoms with Gasteiger partial charge in [0.05, 0.1) is 7.11 Å². The highest BCUT2D eigenvalue weighted by molar-refractivity contribution is 6.10. The van der Waals surface area contributed by atoms with Crippen molar-refractivity contribution in [2.45, 2.75) is 26.2 Å². The second-order valence-electron chi connectivity index (χ2n) is 8.60.